The van der Waals surface area contributed by atoms with Gasteiger partial charge in [-0.2, -0.15) is 0 Å². The lowest BCUT2D eigenvalue weighted by Gasteiger charge is -2.20. The molecule has 0 bridgehead atoms. The summed E-state index contributed by atoms with van der Waals surface area (Å²) < 4.78 is 0.998. The molecule has 0 radical (unpaired) electrons. The molecule has 20 heavy (non-hydrogen) atoms. The third-order valence-corrected chi connectivity index (χ3v) is 4.59. The van der Waals surface area contributed by atoms with Gasteiger partial charge in [0.1, 0.15) is 4.99 Å². The first kappa shape index (κ1) is 15.7. The molecule has 1 fully saturated rings. The van der Waals surface area contributed by atoms with Crippen molar-refractivity contribution >= 4 is 38.8 Å². The number of rotatable bonds is 5. The lowest BCUT2D eigenvalue weighted by atomic mass is 10.1. The largest absolute Gasteiger partial charge is 0.389 e. The molecule has 0 aromatic heterocycles. The normalized spacial score (nSPS) is 19.5. The summed E-state index contributed by atoms with van der Waals surface area (Å²) in [4.78, 5) is 2.96. The summed E-state index contributed by atoms with van der Waals surface area (Å²) in [7, 11) is 0. The van der Waals surface area contributed by atoms with Gasteiger partial charge < -0.3 is 16.0 Å². The van der Waals surface area contributed by atoms with E-state index in [2.05, 4.69) is 40.0 Å². The maximum atomic E-state index is 5.79. The number of likely N-dealkylation sites (tertiary alicyclic amines) is 1. The SMILES string of the molecule is CC(C)N1CCC(CNc2ccc(Br)cc2C(N)=S)C1. The van der Waals surface area contributed by atoms with Crippen LogP contribution in [0.1, 0.15) is 25.8 Å². The highest BCUT2D eigenvalue weighted by Gasteiger charge is 2.24. The van der Waals surface area contributed by atoms with Crippen molar-refractivity contribution in [1.29, 1.82) is 0 Å². The highest BCUT2D eigenvalue weighted by Crippen LogP contribution is 2.23. The zero-order valence-electron chi connectivity index (χ0n) is 12.0. The Labute approximate surface area is 135 Å². The van der Waals surface area contributed by atoms with Gasteiger partial charge in [-0.3, -0.25) is 0 Å². The van der Waals surface area contributed by atoms with Gasteiger partial charge in [-0.15, -0.1) is 0 Å². The van der Waals surface area contributed by atoms with Crippen LogP contribution in [-0.2, 0) is 0 Å². The van der Waals surface area contributed by atoms with Crippen LogP contribution in [0.3, 0.4) is 0 Å². The van der Waals surface area contributed by atoms with E-state index in [1.165, 1.54) is 19.5 Å². The second-order valence-electron chi connectivity index (χ2n) is 5.68. The van der Waals surface area contributed by atoms with Crippen LogP contribution in [0, 0.1) is 5.92 Å². The molecule has 0 aliphatic carbocycles. The molecular weight excluding hydrogens is 334 g/mol. The van der Waals surface area contributed by atoms with Crippen molar-refractivity contribution in [2.45, 2.75) is 26.3 Å². The van der Waals surface area contributed by atoms with Crippen molar-refractivity contribution in [3.05, 3.63) is 28.2 Å². The number of nitrogens with two attached hydrogens (primary N) is 1. The first-order chi connectivity index (χ1) is 9.47. The van der Waals surface area contributed by atoms with Gasteiger partial charge in [-0.1, -0.05) is 28.1 Å². The Bertz CT molecular complexity index is 490. The maximum absolute atomic E-state index is 5.79. The summed E-state index contributed by atoms with van der Waals surface area (Å²) in [5, 5.41) is 3.51. The summed E-state index contributed by atoms with van der Waals surface area (Å²) in [5.74, 6) is 0.695. The van der Waals surface area contributed by atoms with Crippen molar-refractivity contribution < 1.29 is 0 Å². The van der Waals surface area contributed by atoms with Crippen LogP contribution in [0.2, 0.25) is 0 Å². The molecule has 3 N–H and O–H groups in total. The van der Waals surface area contributed by atoms with Gasteiger partial charge in [0, 0.05) is 34.9 Å². The maximum Gasteiger partial charge on any atom is 0.106 e. The van der Waals surface area contributed by atoms with Gasteiger partial charge in [0.15, 0.2) is 0 Å². The number of hydrogen-bond acceptors (Lipinski definition) is 3. The summed E-state index contributed by atoms with van der Waals surface area (Å²) in [5.41, 5.74) is 7.73. The molecule has 1 saturated heterocycles. The molecule has 5 heteroatoms. The molecule has 1 aliphatic rings. The van der Waals surface area contributed by atoms with E-state index in [1.54, 1.807) is 0 Å². The van der Waals surface area contributed by atoms with Crippen LogP contribution in [0.25, 0.3) is 0 Å². The Morgan fingerprint density at radius 1 is 1.55 bits per heavy atom. The average molecular weight is 356 g/mol. The third kappa shape index (κ3) is 3.93. The molecule has 1 aliphatic heterocycles. The number of nitrogens with zero attached hydrogens (tertiary/aromatic N) is 1. The molecular formula is C15H22BrN3S. The van der Waals surface area contributed by atoms with Crippen LogP contribution < -0.4 is 11.1 Å². The summed E-state index contributed by atoms with van der Waals surface area (Å²) >= 11 is 8.58. The fourth-order valence-electron chi connectivity index (χ4n) is 2.63. The van der Waals surface area contributed by atoms with Gasteiger partial charge in [0.25, 0.3) is 0 Å². The summed E-state index contributed by atoms with van der Waals surface area (Å²) in [6, 6.07) is 6.66. The Hall–Kier alpha value is -0.650. The number of thiocarbonyl (C=S) groups is 1. The first-order valence-electron chi connectivity index (χ1n) is 7.04. The molecule has 1 heterocycles. The second-order valence-corrected chi connectivity index (χ2v) is 7.03. The minimum Gasteiger partial charge on any atom is -0.389 e. The fraction of sp³-hybridized carbons (Fsp3) is 0.533. The van der Waals surface area contributed by atoms with Crippen molar-refractivity contribution in [2.24, 2.45) is 11.7 Å². The topological polar surface area (TPSA) is 41.3 Å². The van der Waals surface area contributed by atoms with Gasteiger partial charge in [0.2, 0.25) is 0 Å². The molecule has 3 nitrogen and oxygen atoms in total. The molecule has 0 saturated carbocycles. The van der Waals surface area contributed by atoms with Crippen molar-refractivity contribution in [3.8, 4) is 0 Å². The highest BCUT2D eigenvalue weighted by atomic mass is 79.9. The van der Waals surface area contributed by atoms with Gasteiger partial charge in [-0.25, -0.2) is 0 Å². The first-order valence-corrected chi connectivity index (χ1v) is 8.24. The monoisotopic (exact) mass is 355 g/mol. The predicted molar refractivity (Wildman–Crippen MR) is 93.3 cm³/mol. The zero-order valence-corrected chi connectivity index (χ0v) is 14.4. The quantitative estimate of drug-likeness (QED) is 0.795. The number of halogens is 1. The van der Waals surface area contributed by atoms with E-state index < -0.39 is 0 Å². The van der Waals surface area contributed by atoms with E-state index in [0.717, 1.165) is 22.3 Å². The molecule has 1 aromatic rings. The van der Waals surface area contributed by atoms with E-state index >= 15 is 0 Å². The molecule has 0 spiro atoms. The van der Waals surface area contributed by atoms with Crippen LogP contribution in [0.4, 0.5) is 5.69 Å². The predicted octanol–water partition coefficient (Wildman–Crippen LogP) is 3.23. The summed E-state index contributed by atoms with van der Waals surface area (Å²) in [6.45, 7) is 7.86. The van der Waals surface area contributed by atoms with Crippen LogP contribution >= 0.6 is 28.1 Å². The minimum atomic E-state index is 0.434. The molecule has 0 amide bonds. The van der Waals surface area contributed by atoms with Gasteiger partial charge in [-0.05, 0) is 50.9 Å². The average Bonchev–Trinajstić information content (AvgIpc) is 2.86. The van der Waals surface area contributed by atoms with E-state index in [-0.39, 0.29) is 0 Å². The number of nitrogens with one attached hydrogen (secondary N) is 1. The second kappa shape index (κ2) is 6.87. The van der Waals surface area contributed by atoms with E-state index in [9.17, 15) is 0 Å². The van der Waals surface area contributed by atoms with Gasteiger partial charge in [0.05, 0.1) is 0 Å². The Kier molecular flexibility index (Phi) is 5.41. The standard InChI is InChI=1S/C15H22BrN3S/c1-10(2)19-6-5-11(9-19)8-18-14-4-3-12(16)7-13(14)15(17)20/h3-4,7,10-11,18H,5-6,8-9H2,1-2H3,(H2,17,20). The fourth-order valence-corrected chi connectivity index (χ4v) is 3.16. The lowest BCUT2D eigenvalue weighted by molar-refractivity contribution is 0.266. The van der Waals surface area contributed by atoms with Crippen molar-refractivity contribution in [2.75, 3.05) is 25.0 Å². The Morgan fingerprint density at radius 3 is 2.90 bits per heavy atom. The van der Waals surface area contributed by atoms with Crippen molar-refractivity contribution in [1.82, 2.24) is 4.90 Å². The molecule has 1 atom stereocenters. The zero-order chi connectivity index (χ0) is 14.7. The Morgan fingerprint density at radius 2 is 2.30 bits per heavy atom. The van der Waals surface area contributed by atoms with Crippen LogP contribution in [0.5, 0.6) is 0 Å². The summed E-state index contributed by atoms with van der Waals surface area (Å²) in [6.07, 6.45) is 1.25. The molecule has 110 valence electrons. The van der Waals surface area contributed by atoms with E-state index in [1.807, 2.05) is 18.2 Å². The smallest absolute Gasteiger partial charge is 0.106 e. The third-order valence-electron chi connectivity index (χ3n) is 3.88. The van der Waals surface area contributed by atoms with Gasteiger partial charge >= 0.3 is 0 Å². The minimum absolute atomic E-state index is 0.434. The van der Waals surface area contributed by atoms with Crippen LogP contribution in [-0.4, -0.2) is 35.6 Å². The van der Waals surface area contributed by atoms with E-state index in [0.29, 0.717) is 16.9 Å². The number of anilines is 1. The Balaban J connectivity index is 1.96. The number of benzene rings is 1. The molecule has 2 rings (SSSR count). The molecule has 1 unspecified atom stereocenters. The molecule has 1 aromatic carbocycles. The van der Waals surface area contributed by atoms with E-state index in [4.69, 9.17) is 18.0 Å². The number of hydrogen-bond donors (Lipinski definition) is 2. The lowest BCUT2D eigenvalue weighted by Crippen LogP contribution is -2.29. The van der Waals surface area contributed by atoms with Crippen LogP contribution in [0.15, 0.2) is 22.7 Å². The van der Waals surface area contributed by atoms with Crippen molar-refractivity contribution in [3.63, 3.8) is 0 Å². The highest BCUT2D eigenvalue weighted by molar-refractivity contribution is 9.10.